The molecule has 0 aliphatic rings. The van der Waals surface area contributed by atoms with E-state index in [0.29, 0.717) is 59.8 Å². The van der Waals surface area contributed by atoms with Crippen LogP contribution < -0.4 is 18.9 Å². The van der Waals surface area contributed by atoms with Crippen LogP contribution in [-0.4, -0.2) is 48.0 Å². The van der Waals surface area contributed by atoms with E-state index in [1.54, 1.807) is 72.8 Å². The lowest BCUT2D eigenvalue weighted by Gasteiger charge is -2.13. The summed E-state index contributed by atoms with van der Waals surface area (Å²) in [5.74, 6) is -1.26. The summed E-state index contributed by atoms with van der Waals surface area (Å²) in [5, 5.41) is 0. The number of hydrogen-bond donors (Lipinski definition) is 0. The summed E-state index contributed by atoms with van der Waals surface area (Å²) in [6, 6.07) is 41.0. The molecular formula is C68H78O12. The first-order valence-electron chi connectivity index (χ1n) is 28.8. The zero-order valence-electron chi connectivity index (χ0n) is 47.1. The van der Waals surface area contributed by atoms with Crippen LogP contribution in [0, 0.1) is 0 Å². The third-order valence-corrected chi connectivity index (χ3v) is 13.7. The molecule has 80 heavy (non-hydrogen) atoms. The molecule has 0 saturated heterocycles. The van der Waals surface area contributed by atoms with E-state index >= 15 is 0 Å². The molecule has 0 heterocycles. The highest BCUT2D eigenvalue weighted by Gasteiger charge is 2.17. The Morgan fingerprint density at radius 3 is 0.887 bits per heavy atom. The largest absolute Gasteiger partial charge is 0.459 e. The topological polar surface area (TPSA) is 158 Å². The third-order valence-electron chi connectivity index (χ3n) is 13.7. The van der Waals surface area contributed by atoms with Gasteiger partial charge in [-0.3, -0.25) is 9.59 Å². The van der Waals surface area contributed by atoms with Gasteiger partial charge in [0.2, 0.25) is 0 Å². The van der Waals surface area contributed by atoms with E-state index in [0.717, 1.165) is 60.8 Å². The molecular weight excluding hydrogens is 1010 g/mol. The van der Waals surface area contributed by atoms with Crippen molar-refractivity contribution in [2.45, 2.75) is 168 Å². The SMILES string of the molecule is CCCCCCCCC(C)OC(=O)c1ccc(-c2ccc(OC(=O)c3ccc(OC(=O)CCCCCCC(=O)Oc4ccc(C(=O)Oc5ccc(-c6ccc(C(=O)OC(C)CCCCCCCC)cc6)cc5)cc4)cc3)cc2)cc1. The lowest BCUT2D eigenvalue weighted by molar-refractivity contribution is -0.135. The molecule has 12 heteroatoms. The summed E-state index contributed by atoms with van der Waals surface area (Å²) >= 11 is 0. The molecule has 422 valence electrons. The van der Waals surface area contributed by atoms with Crippen LogP contribution in [-0.2, 0) is 19.1 Å². The fourth-order valence-corrected chi connectivity index (χ4v) is 8.98. The summed E-state index contributed by atoms with van der Waals surface area (Å²) in [4.78, 5) is 76.3. The Bertz CT molecular complexity index is 2660. The van der Waals surface area contributed by atoms with E-state index < -0.39 is 23.9 Å². The number of ether oxygens (including phenoxy) is 6. The Kier molecular flexibility index (Phi) is 25.7. The number of unbranched alkanes of at least 4 members (excludes halogenated alkanes) is 13. The van der Waals surface area contributed by atoms with Crippen LogP contribution in [0.15, 0.2) is 146 Å². The van der Waals surface area contributed by atoms with Gasteiger partial charge in [-0.2, -0.15) is 0 Å². The number of hydrogen-bond acceptors (Lipinski definition) is 12. The maximum absolute atomic E-state index is 12.9. The van der Waals surface area contributed by atoms with Crippen molar-refractivity contribution < 1.29 is 57.2 Å². The van der Waals surface area contributed by atoms with Gasteiger partial charge in [-0.1, -0.05) is 139 Å². The highest BCUT2D eigenvalue weighted by Crippen LogP contribution is 2.27. The first-order chi connectivity index (χ1) is 38.9. The maximum atomic E-state index is 12.9. The summed E-state index contributed by atoms with van der Waals surface area (Å²) in [6.45, 7) is 8.29. The zero-order chi connectivity index (χ0) is 56.9. The molecule has 0 saturated carbocycles. The van der Waals surface area contributed by atoms with Crippen molar-refractivity contribution in [1.82, 2.24) is 0 Å². The van der Waals surface area contributed by atoms with Gasteiger partial charge < -0.3 is 28.4 Å². The average molecular weight is 1090 g/mol. The fraction of sp³-hybridized carbons (Fsp3) is 0.382. The molecule has 0 fully saturated rings. The van der Waals surface area contributed by atoms with Crippen LogP contribution in [0.2, 0.25) is 0 Å². The Labute approximate surface area is 472 Å². The molecule has 2 atom stereocenters. The summed E-state index contributed by atoms with van der Waals surface area (Å²) in [7, 11) is 0. The Morgan fingerprint density at radius 2 is 0.550 bits per heavy atom. The van der Waals surface area contributed by atoms with Crippen molar-refractivity contribution in [1.29, 1.82) is 0 Å². The Balaban J connectivity index is 0.811. The minimum absolute atomic E-state index is 0.135. The third kappa shape index (κ3) is 21.4. The molecule has 0 spiro atoms. The van der Waals surface area contributed by atoms with Gasteiger partial charge in [-0.15, -0.1) is 0 Å². The van der Waals surface area contributed by atoms with E-state index in [1.807, 2.05) is 62.4 Å². The lowest BCUT2D eigenvalue weighted by atomic mass is 10.0. The number of carbonyl (C=O) groups is 6. The smallest absolute Gasteiger partial charge is 0.343 e. The van der Waals surface area contributed by atoms with Gasteiger partial charge in [0.05, 0.1) is 34.5 Å². The molecule has 6 aromatic carbocycles. The van der Waals surface area contributed by atoms with Crippen LogP contribution in [0.25, 0.3) is 22.3 Å². The maximum Gasteiger partial charge on any atom is 0.343 e. The molecule has 0 aromatic heterocycles. The van der Waals surface area contributed by atoms with Gasteiger partial charge >= 0.3 is 35.8 Å². The molecule has 0 amide bonds. The van der Waals surface area contributed by atoms with E-state index in [4.69, 9.17) is 28.4 Å². The minimum Gasteiger partial charge on any atom is -0.459 e. The minimum atomic E-state index is -0.562. The van der Waals surface area contributed by atoms with Crippen molar-refractivity contribution in [3.63, 3.8) is 0 Å². The van der Waals surface area contributed by atoms with Crippen molar-refractivity contribution in [2.24, 2.45) is 0 Å². The Morgan fingerprint density at radius 1 is 0.300 bits per heavy atom. The average Bonchev–Trinajstić information content (AvgIpc) is 3.47. The number of rotatable bonds is 33. The zero-order valence-corrected chi connectivity index (χ0v) is 47.1. The van der Waals surface area contributed by atoms with E-state index in [-0.39, 0.29) is 48.1 Å². The van der Waals surface area contributed by atoms with Crippen molar-refractivity contribution in [2.75, 3.05) is 0 Å². The van der Waals surface area contributed by atoms with Gasteiger partial charge in [-0.05, 0) is 172 Å². The molecule has 6 rings (SSSR count). The van der Waals surface area contributed by atoms with Gasteiger partial charge in [0, 0.05) is 12.8 Å². The van der Waals surface area contributed by atoms with Gasteiger partial charge in [0.25, 0.3) is 0 Å². The van der Waals surface area contributed by atoms with Gasteiger partial charge in [0.15, 0.2) is 0 Å². The molecule has 0 N–H and O–H groups in total. The summed E-state index contributed by atoms with van der Waals surface area (Å²) < 4.78 is 33.4. The predicted octanol–water partition coefficient (Wildman–Crippen LogP) is 16.9. The van der Waals surface area contributed by atoms with Crippen LogP contribution in [0.3, 0.4) is 0 Å². The summed E-state index contributed by atoms with van der Waals surface area (Å²) in [6.07, 6.45) is 18.7. The highest BCUT2D eigenvalue weighted by atomic mass is 16.6. The standard InChI is InChI=1S/C68H78O12/c1-5-7-9-11-13-17-21-49(3)75-65(71)55-29-25-51(26-30-55)53-33-41-61(42-34-53)79-67(73)57-37-45-59(46-38-57)77-63(69)23-19-15-16-20-24-64(70)78-60-47-39-58(40-48-60)68(74)80-62-43-35-54(36-44-62)52-27-31-56(32-28-52)66(72)76-50(4)22-18-14-12-10-8-6-2/h25-50H,5-24H2,1-4H3. The molecule has 0 bridgehead atoms. The van der Waals surface area contributed by atoms with Crippen molar-refractivity contribution >= 4 is 35.8 Å². The van der Waals surface area contributed by atoms with E-state index in [9.17, 15) is 28.8 Å². The van der Waals surface area contributed by atoms with Gasteiger partial charge in [0.1, 0.15) is 23.0 Å². The number of esters is 6. The predicted molar refractivity (Wildman–Crippen MR) is 311 cm³/mol. The molecule has 12 nitrogen and oxygen atoms in total. The molecule has 0 radical (unpaired) electrons. The molecule has 2 unspecified atom stereocenters. The van der Waals surface area contributed by atoms with Gasteiger partial charge in [-0.25, -0.2) is 19.2 Å². The quantitative estimate of drug-likeness (QED) is 0.0218. The van der Waals surface area contributed by atoms with E-state index in [1.165, 1.54) is 75.6 Å². The van der Waals surface area contributed by atoms with Crippen LogP contribution in [0.5, 0.6) is 23.0 Å². The van der Waals surface area contributed by atoms with Crippen LogP contribution >= 0.6 is 0 Å². The second kappa shape index (κ2) is 33.5. The first-order valence-corrected chi connectivity index (χ1v) is 28.8. The second-order valence-corrected chi connectivity index (χ2v) is 20.4. The van der Waals surface area contributed by atoms with Crippen LogP contribution in [0.4, 0.5) is 0 Å². The second-order valence-electron chi connectivity index (χ2n) is 20.4. The normalized spacial score (nSPS) is 11.7. The highest BCUT2D eigenvalue weighted by molar-refractivity contribution is 5.93. The molecule has 0 aliphatic carbocycles. The monoisotopic (exact) mass is 1090 g/mol. The number of carbonyl (C=O) groups excluding carboxylic acids is 6. The van der Waals surface area contributed by atoms with Crippen molar-refractivity contribution in [3.8, 4) is 45.3 Å². The number of benzene rings is 6. The van der Waals surface area contributed by atoms with Crippen LogP contribution in [0.1, 0.15) is 198 Å². The van der Waals surface area contributed by atoms with Crippen molar-refractivity contribution in [3.05, 3.63) is 168 Å². The molecule has 0 aliphatic heterocycles. The summed E-state index contributed by atoms with van der Waals surface area (Å²) in [5.41, 5.74) is 5.16. The fourth-order valence-electron chi connectivity index (χ4n) is 8.98. The first kappa shape index (κ1) is 61.4. The van der Waals surface area contributed by atoms with E-state index in [2.05, 4.69) is 13.8 Å². The molecule has 6 aromatic rings. The Hall–Kier alpha value is -7.86. The lowest BCUT2D eigenvalue weighted by Crippen LogP contribution is -2.15.